The summed E-state index contributed by atoms with van der Waals surface area (Å²) in [4.78, 5) is 24.0. The molecule has 0 aliphatic rings. The minimum absolute atomic E-state index is 0.0535. The quantitative estimate of drug-likeness (QED) is 0.546. The van der Waals surface area contributed by atoms with Crippen molar-refractivity contribution in [1.29, 1.82) is 0 Å². The number of carbonyl (C=O) groups excluding carboxylic acids is 2. The lowest BCUT2D eigenvalue weighted by atomic mass is 10.2. The Labute approximate surface area is 163 Å². The maximum absolute atomic E-state index is 14.2. The second kappa shape index (κ2) is 8.24. The van der Waals surface area contributed by atoms with Crippen LogP contribution in [0.5, 0.6) is 0 Å². The second-order valence-electron chi connectivity index (χ2n) is 6.75. The van der Waals surface area contributed by atoms with Gasteiger partial charge in [-0.15, -0.1) is 0 Å². The summed E-state index contributed by atoms with van der Waals surface area (Å²) in [5.74, 6) is -2.76. The van der Waals surface area contributed by atoms with Gasteiger partial charge in [-0.1, -0.05) is 0 Å². The Kier molecular flexibility index (Phi) is 6.46. The van der Waals surface area contributed by atoms with Gasteiger partial charge in [0, 0.05) is 22.9 Å². The highest BCUT2D eigenvalue weighted by molar-refractivity contribution is 9.10. The first-order valence-corrected chi connectivity index (χ1v) is 9.15. The summed E-state index contributed by atoms with van der Waals surface area (Å²) in [6.45, 7) is 7.22. The van der Waals surface area contributed by atoms with Gasteiger partial charge in [-0.3, -0.25) is 0 Å². The highest BCUT2D eigenvalue weighted by Crippen LogP contribution is 2.31. The molecular weight excluding hydrogens is 426 g/mol. The van der Waals surface area contributed by atoms with Crippen LogP contribution in [0.25, 0.3) is 10.9 Å². The predicted molar refractivity (Wildman–Crippen MR) is 99.7 cm³/mol. The van der Waals surface area contributed by atoms with Crippen molar-refractivity contribution < 1.29 is 27.8 Å². The lowest BCUT2D eigenvalue weighted by Crippen LogP contribution is -2.34. The van der Waals surface area contributed by atoms with Gasteiger partial charge in [0.2, 0.25) is 0 Å². The molecule has 6 nitrogen and oxygen atoms in total. The van der Waals surface area contributed by atoms with Gasteiger partial charge < -0.3 is 19.4 Å². The number of hydrogen-bond donors (Lipinski definition) is 1. The van der Waals surface area contributed by atoms with E-state index in [1.165, 1.54) is 10.6 Å². The first-order valence-electron chi connectivity index (χ1n) is 8.36. The molecule has 0 aliphatic carbocycles. The number of esters is 1. The number of aromatic nitrogens is 1. The van der Waals surface area contributed by atoms with Crippen molar-refractivity contribution in [2.45, 2.75) is 39.8 Å². The highest BCUT2D eigenvalue weighted by atomic mass is 79.9. The Bertz CT molecular complexity index is 875. The monoisotopic (exact) mass is 446 g/mol. The summed E-state index contributed by atoms with van der Waals surface area (Å²) >= 11 is 3.20. The number of ether oxygens (including phenoxy) is 2. The van der Waals surface area contributed by atoms with E-state index in [-0.39, 0.29) is 35.2 Å². The topological polar surface area (TPSA) is 69.6 Å². The number of benzene rings is 1. The molecule has 1 N–H and O–H groups in total. The molecule has 0 aliphatic heterocycles. The molecule has 0 radical (unpaired) electrons. The standard InChI is InChI=1S/C18H21BrF2N2O4/c1-5-26-16(24)13-8-10-14(21)12(20)9-11(19)15(10)23(13)7-6-22-17(25)27-18(2,3)4/h8-9H,5-7H2,1-4H3,(H,22,25). The van der Waals surface area contributed by atoms with E-state index >= 15 is 0 Å². The van der Waals surface area contributed by atoms with Crippen LogP contribution < -0.4 is 5.32 Å². The van der Waals surface area contributed by atoms with Crippen LogP contribution in [-0.2, 0) is 16.0 Å². The lowest BCUT2D eigenvalue weighted by Gasteiger charge is -2.20. The molecule has 27 heavy (non-hydrogen) atoms. The third kappa shape index (κ3) is 4.97. The van der Waals surface area contributed by atoms with E-state index in [1.54, 1.807) is 27.7 Å². The highest BCUT2D eigenvalue weighted by Gasteiger charge is 2.23. The van der Waals surface area contributed by atoms with Crippen molar-refractivity contribution in [2.24, 2.45) is 0 Å². The molecule has 0 fully saturated rings. The molecule has 148 valence electrons. The number of amides is 1. The molecule has 1 aromatic heterocycles. The smallest absolute Gasteiger partial charge is 0.407 e. The fourth-order valence-electron chi connectivity index (χ4n) is 2.54. The van der Waals surface area contributed by atoms with Crippen molar-refractivity contribution in [3.8, 4) is 0 Å². The zero-order chi connectivity index (χ0) is 20.4. The van der Waals surface area contributed by atoms with Crippen LogP contribution in [-0.4, -0.2) is 35.4 Å². The summed E-state index contributed by atoms with van der Waals surface area (Å²) in [5, 5.41) is 2.52. The van der Waals surface area contributed by atoms with E-state index in [1.807, 2.05) is 0 Å². The van der Waals surface area contributed by atoms with E-state index in [9.17, 15) is 18.4 Å². The number of rotatable bonds is 5. The first kappa shape index (κ1) is 21.1. The Balaban J connectivity index is 2.35. The molecule has 0 bridgehead atoms. The first-order chi connectivity index (χ1) is 12.5. The molecule has 0 saturated carbocycles. The molecule has 9 heteroatoms. The van der Waals surface area contributed by atoms with Gasteiger partial charge in [-0.25, -0.2) is 18.4 Å². The molecule has 1 heterocycles. The van der Waals surface area contributed by atoms with Crippen LogP contribution in [0.3, 0.4) is 0 Å². The van der Waals surface area contributed by atoms with Gasteiger partial charge >= 0.3 is 12.1 Å². The maximum atomic E-state index is 14.2. The van der Waals surface area contributed by atoms with Gasteiger partial charge in [0.1, 0.15) is 11.3 Å². The Morgan fingerprint density at radius 3 is 2.52 bits per heavy atom. The van der Waals surface area contributed by atoms with E-state index in [0.717, 1.165) is 6.07 Å². The van der Waals surface area contributed by atoms with Crippen molar-refractivity contribution in [3.05, 3.63) is 33.9 Å². The van der Waals surface area contributed by atoms with Crippen LogP contribution in [0.2, 0.25) is 0 Å². The van der Waals surface area contributed by atoms with Crippen molar-refractivity contribution >= 4 is 38.9 Å². The third-order valence-electron chi connectivity index (χ3n) is 3.51. The third-order valence-corrected chi connectivity index (χ3v) is 4.12. The molecule has 1 aromatic carbocycles. The fraction of sp³-hybridized carbons (Fsp3) is 0.444. The van der Waals surface area contributed by atoms with Gasteiger partial charge in [0.15, 0.2) is 11.6 Å². The van der Waals surface area contributed by atoms with E-state index in [4.69, 9.17) is 9.47 Å². The molecular formula is C18H21BrF2N2O4. The van der Waals surface area contributed by atoms with Gasteiger partial charge in [-0.05, 0) is 55.8 Å². The molecule has 2 rings (SSSR count). The normalized spacial score (nSPS) is 11.5. The maximum Gasteiger partial charge on any atom is 0.407 e. The second-order valence-corrected chi connectivity index (χ2v) is 7.60. The Morgan fingerprint density at radius 2 is 1.93 bits per heavy atom. The van der Waals surface area contributed by atoms with Crippen LogP contribution in [0, 0.1) is 11.6 Å². The number of nitrogens with one attached hydrogen (secondary N) is 1. The number of halogens is 3. The van der Waals surface area contributed by atoms with Crippen LogP contribution in [0.15, 0.2) is 16.6 Å². The largest absolute Gasteiger partial charge is 0.461 e. The summed E-state index contributed by atoms with van der Waals surface area (Å²) in [5.41, 5.74) is -0.296. The zero-order valence-corrected chi connectivity index (χ0v) is 17.1. The number of nitrogens with zero attached hydrogens (tertiary/aromatic N) is 1. The summed E-state index contributed by atoms with van der Waals surface area (Å²) in [7, 11) is 0. The fourth-order valence-corrected chi connectivity index (χ4v) is 3.16. The minimum atomic E-state index is -1.06. The van der Waals surface area contributed by atoms with E-state index in [0.29, 0.717) is 5.52 Å². The minimum Gasteiger partial charge on any atom is -0.461 e. The molecule has 1 amide bonds. The molecule has 2 aromatic rings. The zero-order valence-electron chi connectivity index (χ0n) is 15.5. The van der Waals surface area contributed by atoms with Crippen LogP contribution in [0.4, 0.5) is 13.6 Å². The molecule has 0 atom stereocenters. The summed E-state index contributed by atoms with van der Waals surface area (Å²) in [6, 6.07) is 2.23. The van der Waals surface area contributed by atoms with Crippen molar-refractivity contribution in [3.63, 3.8) is 0 Å². The molecule has 0 spiro atoms. The number of hydrogen-bond acceptors (Lipinski definition) is 4. The summed E-state index contributed by atoms with van der Waals surface area (Å²) in [6.07, 6.45) is -0.618. The average molecular weight is 447 g/mol. The van der Waals surface area contributed by atoms with Crippen molar-refractivity contribution in [2.75, 3.05) is 13.2 Å². The van der Waals surface area contributed by atoms with Gasteiger partial charge in [-0.2, -0.15) is 0 Å². The number of carbonyl (C=O) groups is 2. The van der Waals surface area contributed by atoms with Crippen LogP contribution >= 0.6 is 15.9 Å². The Morgan fingerprint density at radius 1 is 1.26 bits per heavy atom. The van der Waals surface area contributed by atoms with Crippen LogP contribution in [0.1, 0.15) is 38.2 Å². The van der Waals surface area contributed by atoms with Gasteiger partial charge in [0.25, 0.3) is 0 Å². The average Bonchev–Trinajstić information content (AvgIpc) is 2.91. The number of alkyl carbamates (subject to hydrolysis) is 1. The lowest BCUT2D eigenvalue weighted by molar-refractivity contribution is 0.0514. The van der Waals surface area contributed by atoms with Crippen molar-refractivity contribution in [1.82, 2.24) is 9.88 Å². The van der Waals surface area contributed by atoms with E-state index < -0.39 is 29.3 Å². The molecule has 0 saturated heterocycles. The molecule has 0 unspecified atom stereocenters. The SMILES string of the molecule is CCOC(=O)c1cc2c(F)c(F)cc(Br)c2n1CCNC(=O)OC(C)(C)C. The predicted octanol–water partition coefficient (Wildman–Crippen LogP) is 4.38. The van der Waals surface area contributed by atoms with Gasteiger partial charge in [0.05, 0.1) is 12.1 Å². The number of fused-ring (bicyclic) bond motifs is 1. The van der Waals surface area contributed by atoms with E-state index in [2.05, 4.69) is 21.2 Å². The summed E-state index contributed by atoms with van der Waals surface area (Å²) < 4.78 is 39.8. The Hall–Kier alpha value is -2.16.